The smallest absolute Gasteiger partial charge is 0.332 e. The van der Waals surface area contributed by atoms with Gasteiger partial charge in [-0.3, -0.25) is 14.2 Å². The fourth-order valence-corrected chi connectivity index (χ4v) is 3.85. The summed E-state index contributed by atoms with van der Waals surface area (Å²) in [6, 6.07) is 3.81. The molecule has 0 heterocycles. The standard InChI is InChI=1S/C20H29O4P/c1-8-16(7)24-19(22)20(25-23,11-12(2)3)18(21)17-14(5)9-13(4)10-15(17)6/h9-10,12,16H,8,11H2,1-7H3. The van der Waals surface area contributed by atoms with Crippen molar-refractivity contribution >= 4 is 20.2 Å². The third-order valence-corrected chi connectivity index (χ3v) is 5.24. The van der Waals surface area contributed by atoms with Crippen molar-refractivity contribution in [2.75, 3.05) is 0 Å². The SMILES string of the molecule is CCC(C)OC(=O)C(CC(C)C)(P=O)C(=O)c1c(C)cc(C)cc1C. The van der Waals surface area contributed by atoms with Gasteiger partial charge in [0.2, 0.25) is 5.16 Å². The van der Waals surface area contributed by atoms with Crippen molar-refractivity contribution in [2.24, 2.45) is 5.92 Å². The maximum atomic E-state index is 13.4. The highest BCUT2D eigenvalue weighted by Crippen LogP contribution is 2.38. The zero-order valence-electron chi connectivity index (χ0n) is 16.3. The molecule has 1 rings (SSSR count). The molecule has 4 nitrogen and oxygen atoms in total. The van der Waals surface area contributed by atoms with Crippen LogP contribution in [0, 0.1) is 26.7 Å². The Labute approximate surface area is 152 Å². The molecule has 0 aromatic heterocycles. The molecule has 0 aliphatic rings. The van der Waals surface area contributed by atoms with E-state index in [0.29, 0.717) is 12.0 Å². The minimum Gasteiger partial charge on any atom is -0.461 e. The average molecular weight is 364 g/mol. The lowest BCUT2D eigenvalue weighted by atomic mass is 9.84. The molecule has 2 atom stereocenters. The summed E-state index contributed by atoms with van der Waals surface area (Å²) in [6.07, 6.45) is 0.489. The summed E-state index contributed by atoms with van der Waals surface area (Å²) in [6.45, 7) is 13.1. The quantitative estimate of drug-likeness (QED) is 0.275. The number of aryl methyl sites for hydroxylation is 3. The molecule has 0 amide bonds. The molecule has 0 N–H and O–H groups in total. The molecular formula is C20H29O4P. The largest absolute Gasteiger partial charge is 0.461 e. The highest BCUT2D eigenvalue weighted by Gasteiger charge is 2.50. The molecule has 0 aliphatic heterocycles. The van der Waals surface area contributed by atoms with E-state index in [9.17, 15) is 14.2 Å². The maximum absolute atomic E-state index is 13.4. The second-order valence-corrected chi connectivity index (χ2v) is 8.22. The van der Waals surface area contributed by atoms with Gasteiger partial charge in [-0.1, -0.05) is 38.5 Å². The van der Waals surface area contributed by atoms with Gasteiger partial charge in [0.25, 0.3) is 0 Å². The van der Waals surface area contributed by atoms with Crippen molar-refractivity contribution in [3.63, 3.8) is 0 Å². The Bertz CT molecular complexity index is 643. The van der Waals surface area contributed by atoms with Crippen LogP contribution in [0.2, 0.25) is 0 Å². The van der Waals surface area contributed by atoms with Crippen molar-refractivity contribution in [3.05, 3.63) is 34.4 Å². The highest BCUT2D eigenvalue weighted by atomic mass is 31.1. The van der Waals surface area contributed by atoms with Gasteiger partial charge in [0.15, 0.2) is 14.2 Å². The Morgan fingerprint density at radius 2 is 1.64 bits per heavy atom. The van der Waals surface area contributed by atoms with Crippen LogP contribution < -0.4 is 0 Å². The van der Waals surface area contributed by atoms with Crippen molar-refractivity contribution < 1.29 is 18.9 Å². The molecular weight excluding hydrogens is 335 g/mol. The Morgan fingerprint density at radius 3 is 2.04 bits per heavy atom. The summed E-state index contributed by atoms with van der Waals surface area (Å²) in [5, 5.41) is -1.69. The van der Waals surface area contributed by atoms with E-state index in [1.165, 1.54) is 0 Å². The molecule has 0 saturated carbocycles. The van der Waals surface area contributed by atoms with Gasteiger partial charge < -0.3 is 4.74 Å². The molecule has 5 heteroatoms. The Balaban J connectivity index is 3.49. The van der Waals surface area contributed by atoms with Crippen LogP contribution in [-0.4, -0.2) is 23.0 Å². The first-order chi connectivity index (χ1) is 11.6. The number of ether oxygens (including phenoxy) is 1. The van der Waals surface area contributed by atoms with Gasteiger partial charge in [-0.25, -0.2) is 0 Å². The molecule has 0 spiro atoms. The molecule has 138 valence electrons. The van der Waals surface area contributed by atoms with E-state index in [4.69, 9.17) is 4.74 Å². The van der Waals surface area contributed by atoms with E-state index in [-0.39, 0.29) is 18.4 Å². The summed E-state index contributed by atoms with van der Waals surface area (Å²) in [7, 11) is -0.514. The third kappa shape index (κ3) is 4.76. The van der Waals surface area contributed by atoms with Gasteiger partial charge in [0, 0.05) is 5.56 Å². The molecule has 0 bridgehead atoms. The zero-order valence-corrected chi connectivity index (χ0v) is 17.2. The molecule has 1 aromatic rings. The first-order valence-corrected chi connectivity index (χ1v) is 9.58. The first-order valence-electron chi connectivity index (χ1n) is 8.77. The van der Waals surface area contributed by atoms with Crippen LogP contribution in [0.5, 0.6) is 0 Å². The van der Waals surface area contributed by atoms with Crippen molar-refractivity contribution in [1.82, 2.24) is 0 Å². The van der Waals surface area contributed by atoms with Gasteiger partial charge >= 0.3 is 5.97 Å². The summed E-state index contributed by atoms with van der Waals surface area (Å²) < 4.78 is 17.6. The Hall–Kier alpha value is -1.54. The van der Waals surface area contributed by atoms with Crippen molar-refractivity contribution in [1.29, 1.82) is 0 Å². The summed E-state index contributed by atoms with van der Waals surface area (Å²) in [5.41, 5.74) is 3.09. The monoisotopic (exact) mass is 364 g/mol. The van der Waals surface area contributed by atoms with E-state index in [0.717, 1.165) is 16.7 Å². The average Bonchev–Trinajstić information content (AvgIpc) is 2.50. The van der Waals surface area contributed by atoms with Gasteiger partial charge in [-0.05, 0) is 57.6 Å². The van der Waals surface area contributed by atoms with Crippen molar-refractivity contribution in [3.8, 4) is 0 Å². The van der Waals surface area contributed by atoms with Crippen LogP contribution in [0.4, 0.5) is 0 Å². The number of ketones is 1. The summed E-state index contributed by atoms with van der Waals surface area (Å²) >= 11 is 0. The van der Waals surface area contributed by atoms with E-state index in [1.807, 2.05) is 53.7 Å². The normalized spacial score (nSPS) is 15.0. The van der Waals surface area contributed by atoms with E-state index in [1.54, 1.807) is 6.92 Å². The van der Waals surface area contributed by atoms with Crippen LogP contribution in [0.15, 0.2) is 12.1 Å². The minimum absolute atomic E-state index is 0.0148. The zero-order chi connectivity index (χ0) is 19.4. The predicted octanol–water partition coefficient (Wildman–Crippen LogP) is 5.21. The first kappa shape index (κ1) is 21.5. The van der Waals surface area contributed by atoms with E-state index >= 15 is 0 Å². The summed E-state index contributed by atoms with van der Waals surface area (Å²) in [5.74, 6) is -1.10. The van der Waals surface area contributed by atoms with Gasteiger partial charge in [-0.2, -0.15) is 0 Å². The Morgan fingerprint density at radius 1 is 1.12 bits per heavy atom. The number of benzene rings is 1. The lowest BCUT2D eigenvalue weighted by molar-refractivity contribution is -0.150. The van der Waals surface area contributed by atoms with Crippen LogP contribution >= 0.6 is 8.46 Å². The topological polar surface area (TPSA) is 60.4 Å². The van der Waals surface area contributed by atoms with Gasteiger partial charge in [-0.15, -0.1) is 0 Å². The fourth-order valence-electron chi connectivity index (χ4n) is 3.08. The second-order valence-electron chi connectivity index (χ2n) is 7.28. The lowest BCUT2D eigenvalue weighted by Crippen LogP contribution is -2.45. The fraction of sp³-hybridized carbons (Fsp3) is 0.600. The number of Topliss-reactive ketones (excluding diaryl/α,β-unsaturated/α-hetero) is 1. The van der Waals surface area contributed by atoms with Gasteiger partial charge in [0.1, 0.15) is 0 Å². The molecule has 2 unspecified atom stereocenters. The lowest BCUT2D eigenvalue weighted by Gasteiger charge is -2.28. The molecule has 25 heavy (non-hydrogen) atoms. The van der Waals surface area contributed by atoms with Crippen LogP contribution in [0.3, 0.4) is 0 Å². The highest BCUT2D eigenvalue weighted by molar-refractivity contribution is 7.30. The molecule has 0 aliphatic carbocycles. The van der Waals surface area contributed by atoms with Crippen molar-refractivity contribution in [2.45, 2.75) is 72.6 Å². The molecule has 0 radical (unpaired) electrons. The number of carbonyl (C=O) groups is 2. The molecule has 0 saturated heterocycles. The number of hydrogen-bond donors (Lipinski definition) is 0. The van der Waals surface area contributed by atoms with E-state index < -0.39 is 25.4 Å². The molecule has 0 fully saturated rings. The summed E-state index contributed by atoms with van der Waals surface area (Å²) in [4.78, 5) is 26.2. The Kier molecular flexibility index (Phi) is 7.49. The van der Waals surface area contributed by atoms with Crippen LogP contribution in [-0.2, 0) is 14.1 Å². The van der Waals surface area contributed by atoms with Gasteiger partial charge in [0.05, 0.1) is 6.10 Å². The number of rotatable bonds is 8. The van der Waals surface area contributed by atoms with Crippen LogP contribution in [0.1, 0.15) is 67.6 Å². The minimum atomic E-state index is -1.69. The molecule has 1 aromatic carbocycles. The maximum Gasteiger partial charge on any atom is 0.332 e. The van der Waals surface area contributed by atoms with Crippen LogP contribution in [0.25, 0.3) is 0 Å². The third-order valence-electron chi connectivity index (χ3n) is 4.36. The number of esters is 1. The second kappa shape index (κ2) is 8.71. The number of hydrogen-bond acceptors (Lipinski definition) is 4. The van der Waals surface area contributed by atoms with E-state index in [2.05, 4.69) is 0 Å². The predicted molar refractivity (Wildman–Crippen MR) is 101 cm³/mol. The number of carbonyl (C=O) groups excluding carboxylic acids is 2.